The van der Waals surface area contributed by atoms with Crippen LogP contribution >= 0.6 is 23.1 Å². The highest BCUT2D eigenvalue weighted by molar-refractivity contribution is 7.98. The Morgan fingerprint density at radius 1 is 1.13 bits per heavy atom. The Hall–Kier alpha value is -2.97. The lowest BCUT2D eigenvalue weighted by Crippen LogP contribution is -2.14. The number of nitrogens with zero attached hydrogens (tertiary/aromatic N) is 3. The number of rotatable bonds is 7. The third-order valence-electron chi connectivity index (χ3n) is 4.33. The van der Waals surface area contributed by atoms with Gasteiger partial charge in [0.1, 0.15) is 5.01 Å². The SMILES string of the molecule is Cc1ccc(-c2nnc(SCc3csc(CC(=O)Nc4ccccc4)n3)o2)c(C)c1. The summed E-state index contributed by atoms with van der Waals surface area (Å²) in [5.74, 6) is 1.04. The Kier molecular flexibility index (Phi) is 6.25. The highest BCUT2D eigenvalue weighted by Crippen LogP contribution is 2.28. The zero-order chi connectivity index (χ0) is 20.9. The molecular weight excluding hydrogens is 416 g/mol. The normalized spacial score (nSPS) is 10.9. The molecule has 0 atom stereocenters. The number of aromatic nitrogens is 3. The lowest BCUT2D eigenvalue weighted by molar-refractivity contribution is -0.115. The number of hydrogen-bond donors (Lipinski definition) is 1. The lowest BCUT2D eigenvalue weighted by atomic mass is 10.1. The van der Waals surface area contributed by atoms with Crippen molar-refractivity contribution in [1.29, 1.82) is 0 Å². The first-order valence-corrected chi connectivity index (χ1v) is 11.3. The van der Waals surface area contributed by atoms with Crippen molar-refractivity contribution in [3.8, 4) is 11.5 Å². The zero-order valence-corrected chi connectivity index (χ0v) is 18.2. The monoisotopic (exact) mass is 436 g/mol. The zero-order valence-electron chi connectivity index (χ0n) is 16.6. The molecule has 1 N–H and O–H groups in total. The minimum absolute atomic E-state index is 0.0789. The molecule has 2 heterocycles. The minimum Gasteiger partial charge on any atom is -0.411 e. The van der Waals surface area contributed by atoms with Gasteiger partial charge in [-0.05, 0) is 37.6 Å². The summed E-state index contributed by atoms with van der Waals surface area (Å²) in [4.78, 5) is 16.7. The van der Waals surface area contributed by atoms with E-state index in [1.807, 2.05) is 54.8 Å². The van der Waals surface area contributed by atoms with Crippen LogP contribution < -0.4 is 5.32 Å². The summed E-state index contributed by atoms with van der Waals surface area (Å²) in [6, 6.07) is 15.5. The Morgan fingerprint density at radius 2 is 1.97 bits per heavy atom. The maximum atomic E-state index is 12.2. The van der Waals surface area contributed by atoms with Crippen LogP contribution in [0.15, 0.2) is 63.6 Å². The summed E-state index contributed by atoms with van der Waals surface area (Å²) < 4.78 is 5.80. The van der Waals surface area contributed by atoms with Gasteiger partial charge < -0.3 is 9.73 Å². The molecule has 2 aromatic carbocycles. The first-order valence-electron chi connectivity index (χ1n) is 9.39. The number of anilines is 1. The van der Waals surface area contributed by atoms with E-state index >= 15 is 0 Å². The summed E-state index contributed by atoms with van der Waals surface area (Å²) >= 11 is 2.91. The van der Waals surface area contributed by atoms with Crippen LogP contribution in [0.1, 0.15) is 21.8 Å². The van der Waals surface area contributed by atoms with E-state index in [-0.39, 0.29) is 12.3 Å². The molecule has 0 saturated carbocycles. The van der Waals surface area contributed by atoms with Crippen LogP contribution in [0, 0.1) is 13.8 Å². The van der Waals surface area contributed by atoms with E-state index < -0.39 is 0 Å². The van der Waals surface area contributed by atoms with Gasteiger partial charge in [-0.15, -0.1) is 21.5 Å². The van der Waals surface area contributed by atoms with Crippen LogP contribution in [0.3, 0.4) is 0 Å². The molecule has 6 nitrogen and oxygen atoms in total. The van der Waals surface area contributed by atoms with Crippen molar-refractivity contribution in [3.05, 3.63) is 75.7 Å². The number of amides is 1. The molecule has 0 spiro atoms. The van der Waals surface area contributed by atoms with E-state index in [0.29, 0.717) is 16.9 Å². The van der Waals surface area contributed by atoms with Crippen LogP contribution in [0.25, 0.3) is 11.5 Å². The number of hydrogen-bond acceptors (Lipinski definition) is 7. The topological polar surface area (TPSA) is 80.9 Å². The number of para-hydroxylation sites is 1. The van der Waals surface area contributed by atoms with Crippen LogP contribution in [0.5, 0.6) is 0 Å². The molecule has 2 aromatic heterocycles. The Balaban J connectivity index is 1.32. The summed E-state index contributed by atoms with van der Waals surface area (Å²) in [5, 5.41) is 14.4. The second-order valence-corrected chi connectivity index (χ2v) is 8.67. The molecule has 0 radical (unpaired) electrons. The molecule has 0 saturated heterocycles. The summed E-state index contributed by atoms with van der Waals surface area (Å²) in [6.07, 6.45) is 0.252. The van der Waals surface area contributed by atoms with E-state index in [0.717, 1.165) is 27.5 Å². The van der Waals surface area contributed by atoms with Crippen LogP contribution in [-0.4, -0.2) is 21.1 Å². The van der Waals surface area contributed by atoms with Crippen molar-refractivity contribution in [2.24, 2.45) is 0 Å². The van der Waals surface area contributed by atoms with E-state index in [1.165, 1.54) is 28.7 Å². The minimum atomic E-state index is -0.0789. The largest absolute Gasteiger partial charge is 0.411 e. The molecule has 8 heteroatoms. The predicted molar refractivity (Wildman–Crippen MR) is 120 cm³/mol. The van der Waals surface area contributed by atoms with Crippen molar-refractivity contribution < 1.29 is 9.21 Å². The lowest BCUT2D eigenvalue weighted by Gasteiger charge is -2.02. The van der Waals surface area contributed by atoms with Gasteiger partial charge in [0, 0.05) is 22.4 Å². The Labute approximate surface area is 182 Å². The molecule has 0 aliphatic heterocycles. The molecule has 4 rings (SSSR count). The molecule has 4 aromatic rings. The van der Waals surface area contributed by atoms with Gasteiger partial charge in [0.25, 0.3) is 5.22 Å². The summed E-state index contributed by atoms with van der Waals surface area (Å²) in [7, 11) is 0. The van der Waals surface area contributed by atoms with Crippen molar-refractivity contribution in [2.75, 3.05) is 5.32 Å². The van der Waals surface area contributed by atoms with Gasteiger partial charge in [-0.1, -0.05) is 47.7 Å². The Morgan fingerprint density at radius 3 is 2.77 bits per heavy atom. The third kappa shape index (κ3) is 5.14. The van der Waals surface area contributed by atoms with E-state index in [2.05, 4.69) is 33.5 Å². The number of thiazole rings is 1. The fourth-order valence-electron chi connectivity index (χ4n) is 2.93. The quantitative estimate of drug-likeness (QED) is 0.397. The van der Waals surface area contributed by atoms with Gasteiger partial charge in [-0.2, -0.15) is 0 Å². The Bertz CT molecular complexity index is 1150. The first kappa shape index (κ1) is 20.3. The molecule has 0 bridgehead atoms. The smallest absolute Gasteiger partial charge is 0.277 e. The van der Waals surface area contributed by atoms with Crippen molar-refractivity contribution >= 4 is 34.7 Å². The second kappa shape index (κ2) is 9.23. The number of thioether (sulfide) groups is 1. The standard InChI is InChI=1S/C22H20N4O2S2/c1-14-8-9-18(15(2)10-14)21-25-26-22(28-21)30-13-17-12-29-20(24-17)11-19(27)23-16-6-4-3-5-7-16/h3-10,12H,11,13H2,1-2H3,(H,23,27). The van der Waals surface area contributed by atoms with Crippen molar-refractivity contribution in [1.82, 2.24) is 15.2 Å². The van der Waals surface area contributed by atoms with Gasteiger partial charge in [-0.25, -0.2) is 4.98 Å². The maximum absolute atomic E-state index is 12.2. The summed E-state index contributed by atoms with van der Waals surface area (Å²) in [6.45, 7) is 4.09. The third-order valence-corrected chi connectivity index (χ3v) is 6.08. The van der Waals surface area contributed by atoms with Gasteiger partial charge in [0.05, 0.1) is 12.1 Å². The molecular formula is C22H20N4O2S2. The summed E-state index contributed by atoms with van der Waals surface area (Å²) in [5.41, 5.74) is 4.92. The average Bonchev–Trinajstić information content (AvgIpc) is 3.36. The van der Waals surface area contributed by atoms with Gasteiger partial charge >= 0.3 is 0 Å². The van der Waals surface area contributed by atoms with Crippen LogP contribution in [0.4, 0.5) is 5.69 Å². The van der Waals surface area contributed by atoms with Crippen LogP contribution in [0.2, 0.25) is 0 Å². The number of carbonyl (C=O) groups is 1. The van der Waals surface area contributed by atoms with Crippen molar-refractivity contribution in [2.45, 2.75) is 31.2 Å². The second-order valence-electron chi connectivity index (χ2n) is 6.80. The van der Waals surface area contributed by atoms with Crippen molar-refractivity contribution in [3.63, 3.8) is 0 Å². The number of benzene rings is 2. The molecule has 1 amide bonds. The van der Waals surface area contributed by atoms with Gasteiger partial charge in [0.2, 0.25) is 11.8 Å². The molecule has 0 fully saturated rings. The average molecular weight is 437 g/mol. The molecule has 0 unspecified atom stereocenters. The highest BCUT2D eigenvalue weighted by atomic mass is 32.2. The number of carbonyl (C=O) groups excluding carboxylic acids is 1. The fourth-order valence-corrected chi connectivity index (χ4v) is 4.48. The van der Waals surface area contributed by atoms with Crippen LogP contribution in [-0.2, 0) is 17.0 Å². The highest BCUT2D eigenvalue weighted by Gasteiger charge is 2.13. The molecule has 0 aliphatic carbocycles. The molecule has 152 valence electrons. The predicted octanol–water partition coefficient (Wildman–Crippen LogP) is 5.28. The number of nitrogens with one attached hydrogen (secondary N) is 1. The first-order chi connectivity index (χ1) is 14.6. The van der Waals surface area contributed by atoms with Gasteiger partial charge in [-0.3, -0.25) is 4.79 Å². The van der Waals surface area contributed by atoms with E-state index in [4.69, 9.17) is 4.42 Å². The van der Waals surface area contributed by atoms with Gasteiger partial charge in [0.15, 0.2) is 0 Å². The molecule has 30 heavy (non-hydrogen) atoms. The number of aryl methyl sites for hydroxylation is 2. The van der Waals surface area contributed by atoms with E-state index in [1.54, 1.807) is 0 Å². The molecule has 0 aliphatic rings. The fraction of sp³-hybridized carbons (Fsp3) is 0.182. The van der Waals surface area contributed by atoms with E-state index in [9.17, 15) is 4.79 Å². The maximum Gasteiger partial charge on any atom is 0.277 e.